The third-order valence-electron chi connectivity index (χ3n) is 3.99. The van der Waals surface area contributed by atoms with E-state index in [1.54, 1.807) is 20.9 Å². The van der Waals surface area contributed by atoms with Crippen LogP contribution in [0.3, 0.4) is 0 Å². The molecule has 0 saturated carbocycles. The second kappa shape index (κ2) is 5.84. The van der Waals surface area contributed by atoms with Gasteiger partial charge in [0.15, 0.2) is 12.0 Å². The van der Waals surface area contributed by atoms with Gasteiger partial charge in [0.25, 0.3) is 5.56 Å². The van der Waals surface area contributed by atoms with Gasteiger partial charge < -0.3 is 24.6 Å². The average Bonchev–Trinajstić information content (AvgIpc) is 2.95. The number of aliphatic hydroxyl groups is 1. The number of nitrogens with one attached hydrogen (secondary N) is 2. The van der Waals surface area contributed by atoms with Crippen molar-refractivity contribution in [3.8, 4) is 0 Å². The lowest BCUT2D eigenvalue weighted by Crippen LogP contribution is -2.39. The number of aromatic nitrogens is 2. The Balaban J connectivity index is 2.00. The Hall–Kier alpha value is -1.52. The Morgan fingerprint density at radius 3 is 2.70 bits per heavy atom. The molecule has 0 unspecified atom stereocenters. The number of hydrogen-bond acceptors (Lipinski definition) is 7. The zero-order valence-electron chi connectivity index (χ0n) is 13.2. The Bertz CT molecular complexity index is 696. The number of ether oxygens (including phenoxy) is 3. The molecule has 9 nitrogen and oxygen atoms in total. The van der Waals surface area contributed by atoms with Crippen molar-refractivity contribution in [3.05, 3.63) is 32.6 Å². The van der Waals surface area contributed by atoms with Crippen molar-refractivity contribution in [2.24, 2.45) is 0 Å². The maximum Gasteiger partial charge on any atom is 0.330 e. The van der Waals surface area contributed by atoms with Crippen LogP contribution in [-0.2, 0) is 20.8 Å². The largest absolute Gasteiger partial charge is 0.394 e. The number of rotatable bonds is 4. The number of nitrogens with zero attached hydrogens (tertiary/aromatic N) is 1. The highest BCUT2D eigenvalue weighted by molar-refractivity contribution is 5.06. The van der Waals surface area contributed by atoms with Gasteiger partial charge in [0, 0.05) is 18.3 Å². The normalized spacial score (nSPS) is 32.2. The van der Waals surface area contributed by atoms with E-state index in [1.807, 2.05) is 0 Å². The first-order valence-corrected chi connectivity index (χ1v) is 7.47. The molecule has 0 spiro atoms. The maximum atomic E-state index is 12.2. The molecular formula is C14H21N3O6. The molecule has 0 aliphatic carbocycles. The van der Waals surface area contributed by atoms with Crippen molar-refractivity contribution in [2.45, 2.75) is 50.7 Å². The Morgan fingerprint density at radius 2 is 2.04 bits per heavy atom. The van der Waals surface area contributed by atoms with Crippen molar-refractivity contribution >= 4 is 0 Å². The lowest BCUT2D eigenvalue weighted by molar-refractivity contribution is -0.200. The number of aromatic amines is 1. The average molecular weight is 327 g/mol. The molecule has 2 aliphatic heterocycles. The molecule has 3 rings (SSSR count). The molecule has 9 heteroatoms. The topological polar surface area (TPSA) is 115 Å². The molecule has 0 bridgehead atoms. The summed E-state index contributed by atoms with van der Waals surface area (Å²) in [6.45, 7) is 3.58. The van der Waals surface area contributed by atoms with Crippen LogP contribution in [0.15, 0.2) is 15.8 Å². The van der Waals surface area contributed by atoms with Crippen LogP contribution in [0.4, 0.5) is 0 Å². The predicted molar refractivity (Wildman–Crippen MR) is 78.9 cm³/mol. The van der Waals surface area contributed by atoms with Gasteiger partial charge in [-0.1, -0.05) is 0 Å². The standard InChI is InChI=1S/C14H21N3O6/c1-14(2)22-9-8(6-18)21-12(10(9)23-14)17-5-7(4-15-3)11(19)16-13(17)20/h5,8-10,12,15,18H,4,6H2,1-3H3,(H,16,19,20)/t8-,9-,10-,12-/m1/s1. The van der Waals surface area contributed by atoms with Crippen molar-refractivity contribution in [1.29, 1.82) is 0 Å². The van der Waals surface area contributed by atoms with Crippen LogP contribution in [0.2, 0.25) is 0 Å². The van der Waals surface area contributed by atoms with E-state index in [9.17, 15) is 14.7 Å². The lowest BCUT2D eigenvalue weighted by Gasteiger charge is -2.24. The van der Waals surface area contributed by atoms with E-state index in [4.69, 9.17) is 14.2 Å². The molecule has 23 heavy (non-hydrogen) atoms. The zero-order chi connectivity index (χ0) is 16.8. The second-order valence-corrected chi connectivity index (χ2v) is 6.16. The summed E-state index contributed by atoms with van der Waals surface area (Å²) in [7, 11) is 1.70. The summed E-state index contributed by atoms with van der Waals surface area (Å²) in [6, 6.07) is 0. The van der Waals surface area contributed by atoms with Crippen molar-refractivity contribution in [3.63, 3.8) is 0 Å². The SMILES string of the molecule is CNCc1cn([C@@H]2O[C@H](CO)[C@H]3OC(C)(C)O[C@H]32)c(=O)[nH]c1=O. The number of aliphatic hydroxyl groups excluding tert-OH is 1. The smallest absolute Gasteiger partial charge is 0.330 e. The summed E-state index contributed by atoms with van der Waals surface area (Å²) >= 11 is 0. The minimum absolute atomic E-state index is 0.251. The van der Waals surface area contributed by atoms with E-state index in [2.05, 4.69) is 10.3 Å². The fraction of sp³-hybridized carbons (Fsp3) is 0.714. The minimum atomic E-state index is -0.829. The molecule has 2 fully saturated rings. The van der Waals surface area contributed by atoms with Gasteiger partial charge in [0.2, 0.25) is 0 Å². The van der Waals surface area contributed by atoms with Crippen LogP contribution in [0.5, 0.6) is 0 Å². The van der Waals surface area contributed by atoms with Crippen LogP contribution < -0.4 is 16.6 Å². The van der Waals surface area contributed by atoms with Gasteiger partial charge in [-0.05, 0) is 20.9 Å². The number of hydrogen-bond donors (Lipinski definition) is 3. The third-order valence-corrected chi connectivity index (χ3v) is 3.99. The molecule has 3 N–H and O–H groups in total. The quantitative estimate of drug-likeness (QED) is 0.627. The highest BCUT2D eigenvalue weighted by Crippen LogP contribution is 2.42. The van der Waals surface area contributed by atoms with Gasteiger partial charge in [-0.2, -0.15) is 0 Å². The first-order chi connectivity index (χ1) is 10.9. The third kappa shape index (κ3) is 2.86. The molecule has 2 aliphatic rings. The Labute approximate surface area is 132 Å². The van der Waals surface area contributed by atoms with Crippen LogP contribution in [0, 0.1) is 0 Å². The summed E-state index contributed by atoms with van der Waals surface area (Å²) in [6.07, 6.45) is -0.953. The fourth-order valence-corrected chi connectivity index (χ4v) is 3.06. The molecule has 0 radical (unpaired) electrons. The minimum Gasteiger partial charge on any atom is -0.394 e. The monoisotopic (exact) mass is 327 g/mol. The van der Waals surface area contributed by atoms with Crippen LogP contribution in [0.1, 0.15) is 25.6 Å². The number of fused-ring (bicyclic) bond motifs is 1. The first-order valence-electron chi connectivity index (χ1n) is 7.47. The molecule has 4 atom stereocenters. The summed E-state index contributed by atoms with van der Waals surface area (Å²) in [5, 5.41) is 12.4. The van der Waals surface area contributed by atoms with Crippen molar-refractivity contribution in [2.75, 3.05) is 13.7 Å². The summed E-state index contributed by atoms with van der Waals surface area (Å²) in [4.78, 5) is 26.3. The van der Waals surface area contributed by atoms with E-state index in [0.29, 0.717) is 12.1 Å². The van der Waals surface area contributed by atoms with Crippen LogP contribution >= 0.6 is 0 Å². The van der Waals surface area contributed by atoms with E-state index in [1.165, 1.54) is 10.8 Å². The molecular weight excluding hydrogens is 306 g/mol. The highest BCUT2D eigenvalue weighted by atomic mass is 16.8. The van der Waals surface area contributed by atoms with Crippen molar-refractivity contribution in [1.82, 2.24) is 14.9 Å². The molecule has 0 amide bonds. The molecule has 1 aromatic heterocycles. The van der Waals surface area contributed by atoms with E-state index in [-0.39, 0.29) is 6.61 Å². The maximum absolute atomic E-state index is 12.2. The lowest BCUT2D eigenvalue weighted by atomic mass is 10.1. The number of H-pyrrole nitrogens is 1. The molecule has 2 saturated heterocycles. The van der Waals surface area contributed by atoms with E-state index < -0.39 is 41.6 Å². The fourth-order valence-electron chi connectivity index (χ4n) is 3.06. The summed E-state index contributed by atoms with van der Waals surface area (Å²) < 4.78 is 18.6. The summed E-state index contributed by atoms with van der Waals surface area (Å²) in [5.41, 5.74) is -0.638. The van der Waals surface area contributed by atoms with Crippen molar-refractivity contribution < 1.29 is 19.3 Å². The van der Waals surface area contributed by atoms with Gasteiger partial charge in [-0.15, -0.1) is 0 Å². The van der Waals surface area contributed by atoms with Gasteiger partial charge in [0.05, 0.1) is 6.61 Å². The van der Waals surface area contributed by atoms with Gasteiger partial charge in [-0.25, -0.2) is 4.79 Å². The van der Waals surface area contributed by atoms with E-state index in [0.717, 1.165) is 0 Å². The van der Waals surface area contributed by atoms with Crippen LogP contribution in [0.25, 0.3) is 0 Å². The van der Waals surface area contributed by atoms with Crippen LogP contribution in [-0.4, -0.2) is 52.4 Å². The second-order valence-electron chi connectivity index (χ2n) is 6.16. The zero-order valence-corrected chi connectivity index (χ0v) is 13.2. The Kier molecular flexibility index (Phi) is 4.15. The molecule has 128 valence electrons. The molecule has 1 aromatic rings. The van der Waals surface area contributed by atoms with Gasteiger partial charge in [0.1, 0.15) is 18.3 Å². The predicted octanol–water partition coefficient (Wildman–Crippen LogP) is -1.33. The Morgan fingerprint density at radius 1 is 1.35 bits per heavy atom. The summed E-state index contributed by atoms with van der Waals surface area (Å²) in [5.74, 6) is -0.829. The molecule has 3 heterocycles. The molecule has 0 aromatic carbocycles. The van der Waals surface area contributed by atoms with Gasteiger partial charge in [-0.3, -0.25) is 14.3 Å². The highest BCUT2D eigenvalue weighted by Gasteiger charge is 2.55. The van der Waals surface area contributed by atoms with E-state index >= 15 is 0 Å². The van der Waals surface area contributed by atoms with Gasteiger partial charge >= 0.3 is 5.69 Å². The first kappa shape index (κ1) is 16.3.